The number of hydrogen-bond acceptors (Lipinski definition) is 2. The Morgan fingerprint density at radius 2 is 2.22 bits per heavy atom. The van der Waals surface area contributed by atoms with E-state index in [0.29, 0.717) is 0 Å². The van der Waals surface area contributed by atoms with Gasteiger partial charge in [0, 0.05) is 25.6 Å². The van der Waals surface area contributed by atoms with Gasteiger partial charge < -0.3 is 10.1 Å². The van der Waals surface area contributed by atoms with Crippen LogP contribution in [0, 0.1) is 12.3 Å². The molecule has 2 heteroatoms. The molecular formula is C16H25NO. The van der Waals surface area contributed by atoms with Gasteiger partial charge in [0.15, 0.2) is 0 Å². The molecule has 2 nitrogen and oxygen atoms in total. The molecule has 1 rings (SSSR count). The standard InChI is InChI=1S/C16H25NO/c1-5-16(3,13-17-9-10-18-4)12-15-8-6-7-14(2)11-15/h5-8,11,17H,1,9-10,12-13H2,2-4H3. The molecule has 0 bridgehead atoms. The maximum atomic E-state index is 5.04. The van der Waals surface area contributed by atoms with E-state index >= 15 is 0 Å². The molecule has 100 valence electrons. The van der Waals surface area contributed by atoms with Crippen molar-refractivity contribution in [2.24, 2.45) is 5.41 Å². The first-order chi connectivity index (χ1) is 8.59. The first kappa shape index (κ1) is 14.9. The average molecular weight is 247 g/mol. The van der Waals surface area contributed by atoms with Crippen LogP contribution in [-0.2, 0) is 11.2 Å². The summed E-state index contributed by atoms with van der Waals surface area (Å²) in [6, 6.07) is 8.68. The van der Waals surface area contributed by atoms with Gasteiger partial charge in [0.05, 0.1) is 6.61 Å². The smallest absolute Gasteiger partial charge is 0.0587 e. The normalized spacial score (nSPS) is 14.2. The zero-order chi connectivity index (χ0) is 13.4. The lowest BCUT2D eigenvalue weighted by atomic mass is 9.83. The van der Waals surface area contributed by atoms with Crippen molar-refractivity contribution in [3.8, 4) is 0 Å². The van der Waals surface area contributed by atoms with Crippen LogP contribution < -0.4 is 5.32 Å². The Kier molecular flexibility index (Phi) is 6.10. The van der Waals surface area contributed by atoms with Gasteiger partial charge in [0.2, 0.25) is 0 Å². The highest BCUT2D eigenvalue weighted by Gasteiger charge is 2.20. The Bertz CT molecular complexity index is 375. The molecule has 0 saturated carbocycles. The summed E-state index contributed by atoms with van der Waals surface area (Å²) in [5.41, 5.74) is 2.76. The molecule has 0 amide bonds. The predicted octanol–water partition coefficient (Wildman–Crippen LogP) is 2.97. The van der Waals surface area contributed by atoms with Gasteiger partial charge in [0.25, 0.3) is 0 Å². The number of hydrogen-bond donors (Lipinski definition) is 1. The van der Waals surface area contributed by atoms with Crippen molar-refractivity contribution in [2.75, 3.05) is 26.8 Å². The molecule has 1 N–H and O–H groups in total. The minimum absolute atomic E-state index is 0.0849. The van der Waals surface area contributed by atoms with Crippen molar-refractivity contribution in [3.63, 3.8) is 0 Å². The molecule has 0 heterocycles. The highest BCUT2D eigenvalue weighted by molar-refractivity contribution is 5.24. The summed E-state index contributed by atoms with van der Waals surface area (Å²) in [6.07, 6.45) is 3.06. The zero-order valence-corrected chi connectivity index (χ0v) is 11.8. The third-order valence-corrected chi connectivity index (χ3v) is 3.20. The lowest BCUT2D eigenvalue weighted by Gasteiger charge is -2.26. The van der Waals surface area contributed by atoms with Gasteiger partial charge in [-0.15, -0.1) is 6.58 Å². The fraction of sp³-hybridized carbons (Fsp3) is 0.500. The predicted molar refractivity (Wildman–Crippen MR) is 77.9 cm³/mol. The van der Waals surface area contributed by atoms with Crippen LogP contribution in [0.15, 0.2) is 36.9 Å². The molecule has 1 atom stereocenters. The second-order valence-electron chi connectivity index (χ2n) is 5.19. The topological polar surface area (TPSA) is 21.3 Å². The summed E-state index contributed by atoms with van der Waals surface area (Å²) >= 11 is 0. The molecule has 0 aliphatic carbocycles. The third kappa shape index (κ3) is 5.03. The van der Waals surface area contributed by atoms with Gasteiger partial charge in [-0.2, -0.15) is 0 Å². The zero-order valence-electron chi connectivity index (χ0n) is 11.8. The minimum atomic E-state index is 0.0849. The largest absolute Gasteiger partial charge is 0.383 e. The van der Waals surface area contributed by atoms with Crippen LogP contribution in [0.1, 0.15) is 18.1 Å². The third-order valence-electron chi connectivity index (χ3n) is 3.20. The molecule has 0 aliphatic rings. The number of rotatable bonds is 8. The monoisotopic (exact) mass is 247 g/mol. The number of nitrogens with one attached hydrogen (secondary N) is 1. The molecule has 1 aromatic carbocycles. The second kappa shape index (κ2) is 7.34. The SMILES string of the molecule is C=CC(C)(CNCCOC)Cc1cccc(C)c1. The Morgan fingerprint density at radius 1 is 1.44 bits per heavy atom. The van der Waals surface area contributed by atoms with E-state index in [1.54, 1.807) is 7.11 Å². The van der Waals surface area contributed by atoms with Crippen LogP contribution in [0.5, 0.6) is 0 Å². The number of benzene rings is 1. The van der Waals surface area contributed by atoms with Gasteiger partial charge >= 0.3 is 0 Å². The molecule has 0 aliphatic heterocycles. The van der Waals surface area contributed by atoms with E-state index in [1.165, 1.54) is 11.1 Å². The van der Waals surface area contributed by atoms with Crippen LogP contribution in [-0.4, -0.2) is 26.8 Å². The molecule has 18 heavy (non-hydrogen) atoms. The van der Waals surface area contributed by atoms with Crippen molar-refractivity contribution >= 4 is 0 Å². The van der Waals surface area contributed by atoms with E-state index in [9.17, 15) is 0 Å². The van der Waals surface area contributed by atoms with Gasteiger partial charge in [0.1, 0.15) is 0 Å². The van der Waals surface area contributed by atoms with E-state index < -0.39 is 0 Å². The van der Waals surface area contributed by atoms with Crippen molar-refractivity contribution in [1.82, 2.24) is 5.32 Å². The van der Waals surface area contributed by atoms with Gasteiger partial charge in [-0.3, -0.25) is 0 Å². The Labute approximate surface area is 111 Å². The van der Waals surface area contributed by atoms with Crippen molar-refractivity contribution < 1.29 is 4.74 Å². The molecule has 0 fully saturated rings. The van der Waals surface area contributed by atoms with Gasteiger partial charge in [-0.05, 0) is 18.9 Å². The van der Waals surface area contributed by atoms with Crippen LogP contribution in [0.25, 0.3) is 0 Å². The van der Waals surface area contributed by atoms with E-state index in [1.807, 2.05) is 0 Å². The van der Waals surface area contributed by atoms with Crippen LogP contribution in [0.4, 0.5) is 0 Å². The van der Waals surface area contributed by atoms with Gasteiger partial charge in [-0.25, -0.2) is 0 Å². The first-order valence-corrected chi connectivity index (χ1v) is 6.48. The summed E-state index contributed by atoms with van der Waals surface area (Å²) in [5.74, 6) is 0. The lowest BCUT2D eigenvalue weighted by molar-refractivity contribution is 0.196. The first-order valence-electron chi connectivity index (χ1n) is 6.48. The molecule has 0 spiro atoms. The maximum Gasteiger partial charge on any atom is 0.0587 e. The summed E-state index contributed by atoms with van der Waals surface area (Å²) in [5, 5.41) is 3.42. The molecule has 0 aromatic heterocycles. The summed E-state index contributed by atoms with van der Waals surface area (Å²) in [6.45, 7) is 10.9. The quantitative estimate of drug-likeness (QED) is 0.563. The summed E-state index contributed by atoms with van der Waals surface area (Å²) < 4.78 is 5.04. The average Bonchev–Trinajstić information content (AvgIpc) is 2.35. The molecule has 0 radical (unpaired) electrons. The van der Waals surface area contributed by atoms with Crippen LogP contribution in [0.3, 0.4) is 0 Å². The minimum Gasteiger partial charge on any atom is -0.383 e. The van der Waals surface area contributed by atoms with Crippen LogP contribution in [0.2, 0.25) is 0 Å². The van der Waals surface area contributed by atoms with Crippen molar-refractivity contribution in [1.29, 1.82) is 0 Å². The molecular weight excluding hydrogens is 222 g/mol. The Balaban J connectivity index is 2.56. The molecule has 0 saturated heterocycles. The lowest BCUT2D eigenvalue weighted by Crippen LogP contribution is -2.33. The fourth-order valence-corrected chi connectivity index (χ4v) is 2.04. The van der Waals surface area contributed by atoms with E-state index in [4.69, 9.17) is 4.74 Å². The van der Waals surface area contributed by atoms with E-state index in [-0.39, 0.29) is 5.41 Å². The van der Waals surface area contributed by atoms with E-state index in [2.05, 4.69) is 56.1 Å². The molecule has 1 aromatic rings. The Hall–Kier alpha value is -1.12. The fourth-order valence-electron chi connectivity index (χ4n) is 2.04. The molecule has 1 unspecified atom stereocenters. The summed E-state index contributed by atoms with van der Waals surface area (Å²) in [4.78, 5) is 0. The number of ether oxygens (including phenoxy) is 1. The highest BCUT2D eigenvalue weighted by atomic mass is 16.5. The van der Waals surface area contributed by atoms with Gasteiger partial charge in [-0.1, -0.05) is 42.8 Å². The van der Waals surface area contributed by atoms with Crippen LogP contribution >= 0.6 is 0 Å². The van der Waals surface area contributed by atoms with Crippen molar-refractivity contribution in [3.05, 3.63) is 48.0 Å². The number of aryl methyl sites for hydroxylation is 1. The Morgan fingerprint density at radius 3 is 2.83 bits per heavy atom. The maximum absolute atomic E-state index is 5.04. The summed E-state index contributed by atoms with van der Waals surface area (Å²) in [7, 11) is 1.72. The second-order valence-corrected chi connectivity index (χ2v) is 5.19. The highest BCUT2D eigenvalue weighted by Crippen LogP contribution is 2.23. The van der Waals surface area contributed by atoms with E-state index in [0.717, 1.165) is 26.1 Å². The number of methoxy groups -OCH3 is 1. The van der Waals surface area contributed by atoms with Crippen molar-refractivity contribution in [2.45, 2.75) is 20.3 Å².